The predicted molar refractivity (Wildman–Crippen MR) is 63.2 cm³/mol. The van der Waals surface area contributed by atoms with Gasteiger partial charge in [-0.1, -0.05) is 18.2 Å². The highest BCUT2D eigenvalue weighted by atomic mass is 16.3. The third kappa shape index (κ3) is 1.72. The molecule has 0 saturated heterocycles. The Morgan fingerprint density at radius 2 is 1.88 bits per heavy atom. The van der Waals surface area contributed by atoms with Crippen LogP contribution in [0.15, 0.2) is 30.3 Å². The molecule has 5 N–H and O–H groups in total. The molecule has 0 unspecified atom stereocenters. The maximum absolute atomic E-state index is 8.90. The molecule has 1 aromatic carbocycles. The van der Waals surface area contributed by atoms with Crippen LogP contribution in [0, 0.1) is 0 Å². The molecule has 5 nitrogen and oxygen atoms in total. The van der Waals surface area contributed by atoms with E-state index in [0.717, 1.165) is 5.69 Å². The fourth-order valence-corrected chi connectivity index (χ4v) is 1.61. The Morgan fingerprint density at radius 1 is 1.19 bits per heavy atom. The van der Waals surface area contributed by atoms with Crippen LogP contribution >= 0.6 is 0 Å². The van der Waals surface area contributed by atoms with Crippen LogP contribution in [-0.4, -0.2) is 21.5 Å². The number of nitrogens with zero attached hydrogens (tertiary/aromatic N) is 2. The summed E-state index contributed by atoms with van der Waals surface area (Å²) in [4.78, 5) is 0. The Morgan fingerprint density at radius 3 is 2.50 bits per heavy atom. The van der Waals surface area contributed by atoms with Gasteiger partial charge in [0.25, 0.3) is 0 Å². The van der Waals surface area contributed by atoms with Crippen molar-refractivity contribution in [1.29, 1.82) is 0 Å². The monoisotopic (exact) mass is 218 g/mol. The van der Waals surface area contributed by atoms with Gasteiger partial charge in [0.05, 0.1) is 5.69 Å². The molecule has 0 aliphatic carbocycles. The molecule has 1 aromatic heterocycles. The normalized spacial score (nSPS) is 10.6. The zero-order chi connectivity index (χ0) is 11.5. The largest absolute Gasteiger partial charge is 0.396 e. The number of benzene rings is 1. The average Bonchev–Trinajstić information content (AvgIpc) is 2.59. The van der Waals surface area contributed by atoms with Crippen LogP contribution in [0.5, 0.6) is 0 Å². The van der Waals surface area contributed by atoms with Crippen LogP contribution in [0.1, 0.15) is 5.56 Å². The number of anilines is 2. The van der Waals surface area contributed by atoms with Crippen molar-refractivity contribution >= 4 is 11.6 Å². The fourth-order valence-electron chi connectivity index (χ4n) is 1.61. The van der Waals surface area contributed by atoms with Gasteiger partial charge in [-0.15, -0.1) is 5.10 Å². The Labute approximate surface area is 93.3 Å². The molecular formula is C11H14N4O. The summed E-state index contributed by atoms with van der Waals surface area (Å²) in [5, 5.41) is 13.1. The molecule has 0 bridgehead atoms. The summed E-state index contributed by atoms with van der Waals surface area (Å²) in [7, 11) is 0. The number of rotatable bonds is 3. The molecule has 16 heavy (non-hydrogen) atoms. The van der Waals surface area contributed by atoms with E-state index < -0.39 is 0 Å². The van der Waals surface area contributed by atoms with Crippen molar-refractivity contribution in [2.24, 2.45) is 0 Å². The summed E-state index contributed by atoms with van der Waals surface area (Å²) in [6, 6.07) is 9.51. The molecule has 0 atom stereocenters. The van der Waals surface area contributed by atoms with Crippen molar-refractivity contribution in [3.63, 3.8) is 0 Å². The van der Waals surface area contributed by atoms with Crippen LogP contribution in [0.4, 0.5) is 11.6 Å². The number of hydrogen-bond acceptors (Lipinski definition) is 4. The minimum atomic E-state index is 0.00881. The molecule has 0 aliphatic heterocycles. The molecule has 0 fully saturated rings. The highest BCUT2D eigenvalue weighted by molar-refractivity contribution is 5.58. The van der Waals surface area contributed by atoms with Gasteiger partial charge in [-0.2, -0.15) is 0 Å². The highest BCUT2D eigenvalue weighted by Gasteiger charge is 2.13. The standard InChI is InChI=1S/C11H14N4O/c12-10-9(6-7-16)11(13)15(14-10)8-4-2-1-3-5-8/h1-5,16H,6-7,13H2,(H2,12,14). The van der Waals surface area contributed by atoms with Gasteiger partial charge >= 0.3 is 0 Å². The summed E-state index contributed by atoms with van der Waals surface area (Å²) in [5.74, 6) is 0.855. The molecule has 0 spiro atoms. The van der Waals surface area contributed by atoms with Crippen LogP contribution in [0.3, 0.4) is 0 Å². The van der Waals surface area contributed by atoms with Crippen molar-refractivity contribution in [1.82, 2.24) is 9.78 Å². The number of aliphatic hydroxyl groups excluding tert-OH is 1. The number of aliphatic hydroxyl groups is 1. The van der Waals surface area contributed by atoms with Crippen molar-refractivity contribution < 1.29 is 5.11 Å². The maximum atomic E-state index is 8.90. The average molecular weight is 218 g/mol. The van der Waals surface area contributed by atoms with Crippen molar-refractivity contribution in [2.45, 2.75) is 6.42 Å². The first-order chi connectivity index (χ1) is 7.74. The number of hydrogen-bond donors (Lipinski definition) is 3. The molecule has 5 heteroatoms. The topological polar surface area (TPSA) is 90.1 Å². The van der Waals surface area contributed by atoms with Gasteiger partial charge in [0.1, 0.15) is 5.82 Å². The van der Waals surface area contributed by atoms with Crippen LogP contribution < -0.4 is 11.5 Å². The van der Waals surface area contributed by atoms with Gasteiger partial charge in [-0.3, -0.25) is 0 Å². The van der Waals surface area contributed by atoms with E-state index in [1.165, 1.54) is 0 Å². The summed E-state index contributed by atoms with van der Waals surface area (Å²) in [6.07, 6.45) is 0.421. The van der Waals surface area contributed by atoms with Gasteiger partial charge in [-0.05, 0) is 12.1 Å². The van der Waals surface area contributed by atoms with Crippen molar-refractivity contribution in [2.75, 3.05) is 18.1 Å². The minimum Gasteiger partial charge on any atom is -0.396 e. The number of nitrogen functional groups attached to an aromatic ring is 2. The van der Waals surface area contributed by atoms with E-state index in [1.807, 2.05) is 30.3 Å². The van der Waals surface area contributed by atoms with E-state index in [1.54, 1.807) is 4.68 Å². The van der Waals surface area contributed by atoms with Gasteiger partial charge in [-0.25, -0.2) is 4.68 Å². The van der Waals surface area contributed by atoms with Crippen molar-refractivity contribution in [3.05, 3.63) is 35.9 Å². The molecule has 0 aliphatic rings. The second kappa shape index (κ2) is 4.24. The zero-order valence-corrected chi connectivity index (χ0v) is 8.80. The lowest BCUT2D eigenvalue weighted by Crippen LogP contribution is -2.03. The van der Waals surface area contributed by atoms with E-state index in [2.05, 4.69) is 5.10 Å². The van der Waals surface area contributed by atoms with E-state index in [0.29, 0.717) is 23.6 Å². The Bertz CT molecular complexity index is 478. The summed E-state index contributed by atoms with van der Waals surface area (Å²) in [5.41, 5.74) is 13.2. The van der Waals surface area contributed by atoms with Gasteiger partial charge in [0.15, 0.2) is 5.82 Å². The Balaban J connectivity index is 2.47. The number of nitrogens with two attached hydrogens (primary N) is 2. The molecule has 0 saturated carbocycles. The third-order valence-electron chi connectivity index (χ3n) is 2.42. The SMILES string of the molecule is Nc1nn(-c2ccccc2)c(N)c1CCO. The third-order valence-corrected chi connectivity index (χ3v) is 2.42. The fraction of sp³-hybridized carbons (Fsp3) is 0.182. The molecule has 84 valence electrons. The Kier molecular flexibility index (Phi) is 2.78. The number of para-hydroxylation sites is 1. The van der Waals surface area contributed by atoms with E-state index in [-0.39, 0.29) is 6.61 Å². The quantitative estimate of drug-likeness (QED) is 0.702. The summed E-state index contributed by atoms with van der Waals surface area (Å²) < 4.78 is 1.58. The molecule has 1 heterocycles. The smallest absolute Gasteiger partial charge is 0.151 e. The first-order valence-corrected chi connectivity index (χ1v) is 5.03. The molecule has 0 radical (unpaired) electrons. The lowest BCUT2D eigenvalue weighted by Gasteiger charge is -2.03. The number of aromatic nitrogens is 2. The summed E-state index contributed by atoms with van der Waals surface area (Å²) in [6.45, 7) is 0.00881. The van der Waals surface area contributed by atoms with Crippen LogP contribution in [0.25, 0.3) is 5.69 Å². The lowest BCUT2D eigenvalue weighted by atomic mass is 10.2. The summed E-state index contributed by atoms with van der Waals surface area (Å²) >= 11 is 0. The second-order valence-electron chi connectivity index (χ2n) is 3.47. The van der Waals surface area contributed by atoms with Crippen molar-refractivity contribution in [3.8, 4) is 5.69 Å². The maximum Gasteiger partial charge on any atom is 0.151 e. The van der Waals surface area contributed by atoms with Gasteiger partial charge < -0.3 is 16.6 Å². The zero-order valence-electron chi connectivity index (χ0n) is 8.80. The lowest BCUT2D eigenvalue weighted by molar-refractivity contribution is 0.300. The minimum absolute atomic E-state index is 0.00881. The molecule has 0 amide bonds. The van der Waals surface area contributed by atoms with Gasteiger partial charge in [0, 0.05) is 18.6 Å². The molecule has 2 aromatic rings. The second-order valence-corrected chi connectivity index (χ2v) is 3.47. The molecular weight excluding hydrogens is 204 g/mol. The molecule has 2 rings (SSSR count). The predicted octanol–water partition coefficient (Wildman–Crippen LogP) is 0.571. The first kappa shape index (κ1) is 10.5. The van der Waals surface area contributed by atoms with Crippen LogP contribution in [0.2, 0.25) is 0 Å². The Hall–Kier alpha value is -2.01. The van der Waals surface area contributed by atoms with E-state index in [4.69, 9.17) is 16.6 Å². The highest BCUT2D eigenvalue weighted by Crippen LogP contribution is 2.22. The first-order valence-electron chi connectivity index (χ1n) is 5.03. The van der Waals surface area contributed by atoms with Gasteiger partial charge in [0.2, 0.25) is 0 Å². The van der Waals surface area contributed by atoms with E-state index >= 15 is 0 Å². The van der Waals surface area contributed by atoms with E-state index in [9.17, 15) is 0 Å². The van der Waals surface area contributed by atoms with Crippen LogP contribution in [-0.2, 0) is 6.42 Å².